The van der Waals surface area contributed by atoms with Crippen molar-refractivity contribution in [3.8, 4) is 11.3 Å². The predicted octanol–water partition coefficient (Wildman–Crippen LogP) is 5.04. The molecule has 6 rings (SSSR count). The number of benzene rings is 3. The van der Waals surface area contributed by atoms with Crippen molar-refractivity contribution in [3.05, 3.63) is 78.4 Å². The second kappa shape index (κ2) is 9.77. The predicted molar refractivity (Wildman–Crippen MR) is 144 cm³/mol. The monoisotopic (exact) mass is 531 g/mol. The minimum absolute atomic E-state index is 0.0830. The molecule has 38 heavy (non-hydrogen) atoms. The average Bonchev–Trinajstić information content (AvgIpc) is 3.37. The third-order valence-electron chi connectivity index (χ3n) is 6.85. The van der Waals surface area contributed by atoms with Gasteiger partial charge in [-0.1, -0.05) is 48.5 Å². The van der Waals surface area contributed by atoms with Crippen LogP contribution in [0.5, 0.6) is 0 Å². The quantitative estimate of drug-likeness (QED) is 0.303. The van der Waals surface area contributed by atoms with Gasteiger partial charge in [-0.3, -0.25) is 0 Å². The molecule has 194 valence electrons. The zero-order valence-corrected chi connectivity index (χ0v) is 21.7. The Hall–Kier alpha value is -3.89. The molecule has 8 nitrogen and oxygen atoms in total. The van der Waals surface area contributed by atoms with Crippen LogP contribution in [-0.4, -0.2) is 54.0 Å². The number of aromatic nitrogens is 3. The van der Waals surface area contributed by atoms with Crippen molar-refractivity contribution in [2.75, 3.05) is 31.1 Å². The van der Waals surface area contributed by atoms with Crippen molar-refractivity contribution in [2.24, 2.45) is 0 Å². The summed E-state index contributed by atoms with van der Waals surface area (Å²) in [6.07, 6.45) is 1.56. The first-order valence-electron chi connectivity index (χ1n) is 12.6. The van der Waals surface area contributed by atoms with E-state index in [0.29, 0.717) is 42.6 Å². The van der Waals surface area contributed by atoms with Crippen LogP contribution in [0, 0.1) is 5.82 Å². The van der Waals surface area contributed by atoms with Gasteiger partial charge in [-0.2, -0.15) is 9.29 Å². The number of fused-ring (bicyclic) bond motifs is 2. The molecule has 2 aromatic heterocycles. The van der Waals surface area contributed by atoms with E-state index in [1.807, 2.05) is 18.2 Å². The van der Waals surface area contributed by atoms with Crippen molar-refractivity contribution >= 4 is 37.7 Å². The van der Waals surface area contributed by atoms with E-state index >= 15 is 0 Å². The van der Waals surface area contributed by atoms with Crippen molar-refractivity contribution in [3.63, 3.8) is 0 Å². The lowest BCUT2D eigenvalue weighted by molar-refractivity contribution is 0.384. The van der Waals surface area contributed by atoms with Gasteiger partial charge in [0.15, 0.2) is 0 Å². The number of hydrogen-bond donors (Lipinski definition) is 0. The second-order valence-corrected chi connectivity index (χ2v) is 11.3. The van der Waals surface area contributed by atoms with Crippen molar-refractivity contribution in [1.29, 1.82) is 0 Å². The zero-order chi connectivity index (χ0) is 26.3. The van der Waals surface area contributed by atoms with Crippen LogP contribution in [0.1, 0.15) is 19.2 Å². The van der Waals surface area contributed by atoms with Crippen molar-refractivity contribution < 1.29 is 17.3 Å². The van der Waals surface area contributed by atoms with Crippen LogP contribution in [-0.2, 0) is 16.4 Å². The summed E-state index contributed by atoms with van der Waals surface area (Å²) in [6, 6.07) is 19.2. The van der Waals surface area contributed by atoms with Crippen molar-refractivity contribution in [2.45, 2.75) is 24.7 Å². The molecule has 0 bridgehead atoms. The van der Waals surface area contributed by atoms with Gasteiger partial charge in [0.2, 0.25) is 10.0 Å². The number of anilines is 1. The van der Waals surface area contributed by atoms with E-state index in [2.05, 4.69) is 46.2 Å². The van der Waals surface area contributed by atoms with Crippen LogP contribution < -0.4 is 4.90 Å². The third kappa shape index (κ3) is 4.39. The van der Waals surface area contributed by atoms with Crippen molar-refractivity contribution in [1.82, 2.24) is 19.4 Å². The molecule has 1 saturated heterocycles. The van der Waals surface area contributed by atoms with Gasteiger partial charge in [0.05, 0.1) is 4.90 Å². The van der Waals surface area contributed by atoms with Crippen LogP contribution in [0.25, 0.3) is 33.1 Å². The van der Waals surface area contributed by atoms with E-state index in [1.54, 1.807) is 0 Å². The van der Waals surface area contributed by atoms with Gasteiger partial charge in [-0.25, -0.2) is 17.8 Å². The van der Waals surface area contributed by atoms with Gasteiger partial charge in [0.25, 0.3) is 5.71 Å². The normalized spacial score (nSPS) is 14.9. The molecule has 3 heterocycles. The summed E-state index contributed by atoms with van der Waals surface area (Å²) in [7, 11) is -3.73. The maximum atomic E-state index is 13.3. The number of halogens is 1. The Labute approximate surface area is 219 Å². The Morgan fingerprint density at radius 1 is 0.921 bits per heavy atom. The fourth-order valence-corrected chi connectivity index (χ4v) is 6.30. The second-order valence-electron chi connectivity index (χ2n) is 9.33. The molecular formula is C28H26FN5O3S. The first-order valence-corrected chi connectivity index (χ1v) is 14.0. The zero-order valence-electron chi connectivity index (χ0n) is 20.8. The number of sulfonamides is 1. The molecular weight excluding hydrogens is 505 g/mol. The fraction of sp³-hybridized carbons (Fsp3) is 0.250. The van der Waals surface area contributed by atoms with Gasteiger partial charge >= 0.3 is 0 Å². The van der Waals surface area contributed by atoms with E-state index in [-0.39, 0.29) is 18.0 Å². The van der Waals surface area contributed by atoms with Gasteiger partial charge in [0.1, 0.15) is 28.5 Å². The third-order valence-corrected chi connectivity index (χ3v) is 8.76. The molecule has 0 radical (unpaired) electrons. The maximum absolute atomic E-state index is 13.3. The minimum Gasteiger partial charge on any atom is -0.353 e. The van der Waals surface area contributed by atoms with E-state index in [9.17, 15) is 12.8 Å². The minimum atomic E-state index is -3.73. The van der Waals surface area contributed by atoms with Crippen LogP contribution >= 0.6 is 0 Å². The van der Waals surface area contributed by atoms with E-state index in [1.165, 1.54) is 16.4 Å². The average molecular weight is 532 g/mol. The molecule has 1 aliphatic heterocycles. The number of piperazine rings is 1. The Bertz CT molecular complexity index is 1730. The summed E-state index contributed by atoms with van der Waals surface area (Å²) in [5.74, 6) is 0.889. The number of nitrogens with zero attached hydrogens (tertiary/aromatic N) is 5. The molecule has 0 aliphatic carbocycles. The molecule has 3 aromatic carbocycles. The highest BCUT2D eigenvalue weighted by Gasteiger charge is 2.31. The standard InChI is InChI=1S/C28H26FN5O3S/c1-2-5-24-30-27(33-14-16-34(17-15-33)38(35,36)23-12-10-22(29)11-13-23)25-26(32-37-28(25)31-24)21-9-8-19-6-3-4-7-20(19)18-21/h3-4,6-13,18H,2,5,14-17H2,1H3. The summed E-state index contributed by atoms with van der Waals surface area (Å²) < 4.78 is 46.7. The largest absolute Gasteiger partial charge is 0.353 e. The summed E-state index contributed by atoms with van der Waals surface area (Å²) >= 11 is 0. The number of hydrogen-bond acceptors (Lipinski definition) is 7. The summed E-state index contributed by atoms with van der Waals surface area (Å²) in [5, 5.41) is 7.32. The maximum Gasteiger partial charge on any atom is 0.263 e. The van der Waals surface area contributed by atoms with E-state index in [0.717, 1.165) is 40.3 Å². The molecule has 0 amide bonds. The summed E-state index contributed by atoms with van der Waals surface area (Å²) in [4.78, 5) is 11.7. The number of rotatable bonds is 6. The molecule has 1 fully saturated rings. The SMILES string of the molecule is CCCc1nc(N2CCN(S(=O)(=O)c3ccc(F)cc3)CC2)c2c(-c3ccc4ccccc4c3)noc2n1. The molecule has 5 aromatic rings. The Balaban J connectivity index is 1.36. The van der Waals surface area contributed by atoms with Gasteiger partial charge in [-0.15, -0.1) is 0 Å². The fourth-order valence-electron chi connectivity index (χ4n) is 4.87. The molecule has 0 atom stereocenters. The lowest BCUT2D eigenvalue weighted by atomic mass is 10.0. The highest BCUT2D eigenvalue weighted by molar-refractivity contribution is 7.89. The highest BCUT2D eigenvalue weighted by atomic mass is 32.2. The highest BCUT2D eigenvalue weighted by Crippen LogP contribution is 2.35. The lowest BCUT2D eigenvalue weighted by Gasteiger charge is -2.35. The topological polar surface area (TPSA) is 92.4 Å². The van der Waals surface area contributed by atoms with Crippen LogP contribution in [0.2, 0.25) is 0 Å². The van der Waals surface area contributed by atoms with Gasteiger partial charge < -0.3 is 9.42 Å². The number of aryl methyl sites for hydroxylation is 1. The molecule has 1 aliphatic rings. The Kier molecular flexibility index (Phi) is 6.29. The van der Waals surface area contributed by atoms with Gasteiger partial charge in [-0.05, 0) is 47.5 Å². The van der Waals surface area contributed by atoms with E-state index in [4.69, 9.17) is 9.51 Å². The Morgan fingerprint density at radius 2 is 1.66 bits per heavy atom. The van der Waals surface area contributed by atoms with E-state index < -0.39 is 15.8 Å². The molecule has 0 N–H and O–H groups in total. The molecule has 0 spiro atoms. The van der Waals surface area contributed by atoms with Crippen LogP contribution in [0.4, 0.5) is 10.2 Å². The first-order chi connectivity index (χ1) is 18.4. The van der Waals surface area contributed by atoms with Crippen LogP contribution in [0.3, 0.4) is 0 Å². The molecule has 0 unspecified atom stereocenters. The lowest BCUT2D eigenvalue weighted by Crippen LogP contribution is -2.49. The summed E-state index contributed by atoms with van der Waals surface area (Å²) in [5.41, 5.74) is 1.97. The van der Waals surface area contributed by atoms with Gasteiger partial charge in [0, 0.05) is 38.2 Å². The summed E-state index contributed by atoms with van der Waals surface area (Å²) in [6.45, 7) is 3.46. The van der Waals surface area contributed by atoms with Crippen LogP contribution in [0.15, 0.2) is 76.1 Å². The molecule has 10 heteroatoms. The Morgan fingerprint density at radius 3 is 2.39 bits per heavy atom. The molecule has 0 saturated carbocycles. The first kappa shape index (κ1) is 24.4. The smallest absolute Gasteiger partial charge is 0.263 e.